The molecule has 0 atom stereocenters. The molecule has 1 aromatic carbocycles. The molecule has 178 valence electrons. The van der Waals surface area contributed by atoms with Crippen LogP contribution in [0.2, 0.25) is 0 Å². The number of carbonyl (C=O) groups excluding carboxylic acids is 1. The third kappa shape index (κ3) is 5.36. The second-order valence-electron chi connectivity index (χ2n) is 8.56. The average Bonchev–Trinajstić information content (AvgIpc) is 2.79. The van der Waals surface area contributed by atoms with Crippen LogP contribution in [0.1, 0.15) is 24.0 Å². The van der Waals surface area contributed by atoms with Gasteiger partial charge in [-0.05, 0) is 30.5 Å². The molecule has 2 fully saturated rings. The molecule has 2 aliphatic rings. The van der Waals surface area contributed by atoms with Gasteiger partial charge in [0.25, 0.3) is 5.56 Å². The van der Waals surface area contributed by atoms with E-state index in [-0.39, 0.29) is 49.5 Å². The Labute approximate surface area is 188 Å². The number of nitrogens with zero attached hydrogens (tertiary/aromatic N) is 4. The molecule has 0 unspecified atom stereocenters. The van der Waals surface area contributed by atoms with Gasteiger partial charge < -0.3 is 14.9 Å². The molecule has 1 amide bonds. The number of aromatic amines is 1. The molecule has 2 saturated heterocycles. The van der Waals surface area contributed by atoms with Crippen LogP contribution in [-0.4, -0.2) is 76.8 Å². The smallest absolute Gasteiger partial charge is 0.385 e. The molecular weight excluding hydrogens is 439 g/mol. The van der Waals surface area contributed by atoms with Gasteiger partial charge in [-0.15, -0.1) is 0 Å². The summed E-state index contributed by atoms with van der Waals surface area (Å²) in [6.45, 7) is 3.43. The Balaban J connectivity index is 1.29. The minimum Gasteiger partial charge on any atom is -0.385 e. The summed E-state index contributed by atoms with van der Waals surface area (Å²) in [5.74, 6) is -0.0626. The first-order valence-corrected chi connectivity index (χ1v) is 10.8. The molecule has 4 rings (SSSR count). The maximum Gasteiger partial charge on any atom is 0.416 e. The number of likely N-dealkylation sites (tertiary alicyclic amines) is 1. The largest absolute Gasteiger partial charge is 0.416 e. The maximum absolute atomic E-state index is 13.0. The number of benzene rings is 1. The zero-order chi connectivity index (χ0) is 23.6. The number of piperazine rings is 1. The Morgan fingerprint density at radius 1 is 1.09 bits per heavy atom. The van der Waals surface area contributed by atoms with E-state index in [1.807, 2.05) is 9.80 Å². The fourth-order valence-electron chi connectivity index (χ4n) is 4.39. The summed E-state index contributed by atoms with van der Waals surface area (Å²) in [5.41, 5.74) is -1.46. The Morgan fingerprint density at radius 2 is 1.79 bits per heavy atom. The van der Waals surface area contributed by atoms with Crippen molar-refractivity contribution in [2.75, 3.05) is 50.7 Å². The number of carbonyl (C=O) groups is 1. The first-order valence-electron chi connectivity index (χ1n) is 10.8. The van der Waals surface area contributed by atoms with E-state index in [0.29, 0.717) is 26.2 Å². The lowest BCUT2D eigenvalue weighted by molar-refractivity contribution is -0.137. The number of aromatic nitrogens is 2. The van der Waals surface area contributed by atoms with Gasteiger partial charge in [-0.25, -0.2) is 5.10 Å². The molecule has 0 spiro atoms. The number of nitrogens with one attached hydrogen (secondary N) is 1. The van der Waals surface area contributed by atoms with Gasteiger partial charge in [0, 0.05) is 45.3 Å². The lowest BCUT2D eigenvalue weighted by atomic mass is 9.83. The van der Waals surface area contributed by atoms with Crippen LogP contribution < -0.4 is 10.5 Å². The van der Waals surface area contributed by atoms with Crippen molar-refractivity contribution >= 4 is 11.6 Å². The minimum atomic E-state index is -4.47. The minimum absolute atomic E-state index is 0.0626. The van der Waals surface area contributed by atoms with Crippen LogP contribution in [0.4, 0.5) is 18.9 Å². The van der Waals surface area contributed by atoms with Gasteiger partial charge in [-0.2, -0.15) is 18.3 Å². The molecule has 2 N–H and O–H groups in total. The number of amides is 1. The molecule has 0 saturated carbocycles. The third-order valence-corrected chi connectivity index (χ3v) is 6.42. The van der Waals surface area contributed by atoms with Crippen molar-refractivity contribution in [1.82, 2.24) is 20.0 Å². The average molecular weight is 465 g/mol. The van der Waals surface area contributed by atoms with Crippen LogP contribution in [0.15, 0.2) is 41.3 Å². The molecule has 0 aliphatic carbocycles. The zero-order valence-electron chi connectivity index (χ0n) is 18.0. The summed E-state index contributed by atoms with van der Waals surface area (Å²) in [7, 11) is 0. The fraction of sp³-hybridized carbons (Fsp3) is 0.500. The van der Waals surface area contributed by atoms with E-state index in [1.54, 1.807) is 11.1 Å². The van der Waals surface area contributed by atoms with Crippen LogP contribution in [-0.2, 0) is 16.6 Å². The highest BCUT2D eigenvalue weighted by Crippen LogP contribution is 2.36. The number of rotatable bonds is 4. The molecule has 2 aromatic rings. The third-order valence-electron chi connectivity index (χ3n) is 6.42. The quantitative estimate of drug-likeness (QED) is 0.710. The van der Waals surface area contributed by atoms with Crippen LogP contribution in [0.3, 0.4) is 0 Å². The second kappa shape index (κ2) is 9.14. The Kier molecular flexibility index (Phi) is 6.44. The molecule has 0 radical (unpaired) electrons. The molecule has 0 bridgehead atoms. The molecular formula is C22H26F3N5O3. The van der Waals surface area contributed by atoms with Gasteiger partial charge in [0.05, 0.1) is 29.6 Å². The highest BCUT2D eigenvalue weighted by atomic mass is 19.4. The summed E-state index contributed by atoms with van der Waals surface area (Å²) in [5, 5.41) is 17.1. The predicted molar refractivity (Wildman–Crippen MR) is 115 cm³/mol. The van der Waals surface area contributed by atoms with Gasteiger partial charge >= 0.3 is 6.18 Å². The SMILES string of the molecule is O=C(CN1CCN(c2cn[nH]c(=O)c2)CC1)N1CCC(O)(c2cccc(C(F)(F)F)c2)CC1. The van der Waals surface area contributed by atoms with Crippen LogP contribution in [0.5, 0.6) is 0 Å². The number of piperidine rings is 1. The number of alkyl halides is 3. The predicted octanol–water partition coefficient (Wildman–Crippen LogP) is 1.42. The van der Waals surface area contributed by atoms with Crippen molar-refractivity contribution in [2.24, 2.45) is 0 Å². The first kappa shape index (κ1) is 23.2. The number of anilines is 1. The van der Waals surface area contributed by atoms with Gasteiger partial charge in [-0.1, -0.05) is 12.1 Å². The van der Waals surface area contributed by atoms with Crippen molar-refractivity contribution < 1.29 is 23.1 Å². The van der Waals surface area contributed by atoms with Crippen LogP contribution >= 0.6 is 0 Å². The molecule has 8 nitrogen and oxygen atoms in total. The number of aliphatic hydroxyl groups is 1. The van der Waals surface area contributed by atoms with Crippen LogP contribution in [0.25, 0.3) is 0 Å². The molecule has 11 heteroatoms. The molecule has 1 aromatic heterocycles. The van der Waals surface area contributed by atoms with E-state index >= 15 is 0 Å². The van der Waals surface area contributed by atoms with Gasteiger partial charge in [-0.3, -0.25) is 14.5 Å². The van der Waals surface area contributed by atoms with Crippen molar-refractivity contribution in [3.63, 3.8) is 0 Å². The Morgan fingerprint density at radius 3 is 2.42 bits per heavy atom. The standard InChI is InChI=1S/C22H26F3N5O3/c23-22(24,25)17-3-1-2-16(12-17)21(33)4-6-30(7-5-21)20(32)15-28-8-10-29(11-9-28)18-13-19(31)27-26-14-18/h1-3,12-14,33H,4-11,15H2,(H,27,31). The van der Waals surface area contributed by atoms with E-state index in [4.69, 9.17) is 0 Å². The van der Waals surface area contributed by atoms with Crippen molar-refractivity contribution in [3.8, 4) is 0 Å². The topological polar surface area (TPSA) is 92.8 Å². The fourth-order valence-corrected chi connectivity index (χ4v) is 4.39. The zero-order valence-corrected chi connectivity index (χ0v) is 18.0. The Hall–Kier alpha value is -2.92. The molecule has 3 heterocycles. The number of hydrogen-bond donors (Lipinski definition) is 2. The summed E-state index contributed by atoms with van der Waals surface area (Å²) >= 11 is 0. The van der Waals surface area contributed by atoms with Crippen molar-refractivity contribution in [3.05, 3.63) is 58.0 Å². The summed E-state index contributed by atoms with van der Waals surface area (Å²) < 4.78 is 39.1. The van der Waals surface area contributed by atoms with E-state index < -0.39 is 17.3 Å². The highest BCUT2D eigenvalue weighted by Gasteiger charge is 2.38. The second-order valence-corrected chi connectivity index (χ2v) is 8.56. The van der Waals surface area contributed by atoms with Crippen LogP contribution in [0, 0.1) is 0 Å². The van der Waals surface area contributed by atoms with E-state index in [9.17, 15) is 27.9 Å². The molecule has 33 heavy (non-hydrogen) atoms. The van der Waals surface area contributed by atoms with Gasteiger partial charge in [0.15, 0.2) is 0 Å². The highest BCUT2D eigenvalue weighted by molar-refractivity contribution is 5.78. The monoisotopic (exact) mass is 465 g/mol. The van der Waals surface area contributed by atoms with Crippen molar-refractivity contribution in [1.29, 1.82) is 0 Å². The van der Waals surface area contributed by atoms with Gasteiger partial charge in [0.1, 0.15) is 0 Å². The summed E-state index contributed by atoms with van der Waals surface area (Å²) in [6.07, 6.45) is -2.51. The van der Waals surface area contributed by atoms with E-state index in [0.717, 1.165) is 17.8 Å². The number of halogens is 3. The van der Waals surface area contributed by atoms with E-state index in [1.165, 1.54) is 18.2 Å². The number of H-pyrrole nitrogens is 1. The van der Waals surface area contributed by atoms with Crippen molar-refractivity contribution in [2.45, 2.75) is 24.6 Å². The maximum atomic E-state index is 13.0. The summed E-state index contributed by atoms with van der Waals surface area (Å²) in [6, 6.07) is 6.27. The normalized spacial score (nSPS) is 19.5. The summed E-state index contributed by atoms with van der Waals surface area (Å²) in [4.78, 5) is 30.0. The lowest BCUT2D eigenvalue weighted by Crippen LogP contribution is -2.52. The number of hydrogen-bond acceptors (Lipinski definition) is 6. The molecule has 2 aliphatic heterocycles. The Bertz CT molecular complexity index is 1040. The van der Waals surface area contributed by atoms with E-state index in [2.05, 4.69) is 10.2 Å². The first-order chi connectivity index (χ1) is 15.6. The lowest BCUT2D eigenvalue weighted by Gasteiger charge is -2.40. The van der Waals surface area contributed by atoms with Gasteiger partial charge in [0.2, 0.25) is 5.91 Å².